The fraction of sp³-hybridized carbons (Fsp3) is 0.278. The molecule has 0 spiro atoms. The Morgan fingerprint density at radius 1 is 1.21 bits per heavy atom. The minimum Gasteiger partial charge on any atom is -0.360 e. The van der Waals surface area contributed by atoms with Crippen molar-refractivity contribution in [1.82, 2.24) is 14.9 Å². The first-order valence-electron chi connectivity index (χ1n) is 7.72. The number of rotatable bonds is 3. The molecule has 5 nitrogen and oxygen atoms in total. The van der Waals surface area contributed by atoms with Crippen LogP contribution in [0.2, 0.25) is 5.02 Å². The lowest BCUT2D eigenvalue weighted by molar-refractivity contribution is 0.0836. The molecule has 0 bridgehead atoms. The minimum atomic E-state index is -0.129. The second-order valence-electron chi connectivity index (χ2n) is 6.04. The summed E-state index contributed by atoms with van der Waals surface area (Å²) in [6, 6.07) is 9.24. The van der Waals surface area contributed by atoms with Gasteiger partial charge in [-0.25, -0.2) is 4.68 Å². The van der Waals surface area contributed by atoms with Crippen LogP contribution in [0.4, 0.5) is 0 Å². The Hall–Kier alpha value is -2.40. The highest BCUT2D eigenvalue weighted by atomic mass is 35.5. The molecule has 124 valence electrons. The highest BCUT2D eigenvalue weighted by Crippen LogP contribution is 2.34. The van der Waals surface area contributed by atoms with Gasteiger partial charge in [-0.2, -0.15) is 5.10 Å². The number of aromatic nitrogens is 3. The lowest BCUT2D eigenvalue weighted by Crippen LogP contribution is -2.19. The van der Waals surface area contributed by atoms with Crippen molar-refractivity contribution in [2.24, 2.45) is 5.92 Å². The Morgan fingerprint density at radius 2 is 1.88 bits per heavy atom. The molecule has 0 aliphatic carbocycles. The average Bonchev–Trinajstić information content (AvgIpc) is 3.10. The molecule has 0 atom stereocenters. The number of carbonyl (C=O) groups excluding carboxylic acids is 1. The SMILES string of the molecule is Cc1onc(-c2ccc(Cl)cc2)c1-c1cc(C)n(C(=O)C(C)C)n1. The normalized spacial score (nSPS) is 11.2. The summed E-state index contributed by atoms with van der Waals surface area (Å²) in [6.45, 7) is 7.40. The lowest BCUT2D eigenvalue weighted by atomic mass is 10.0. The smallest absolute Gasteiger partial charge is 0.249 e. The molecule has 3 rings (SSSR count). The number of benzene rings is 1. The van der Waals surface area contributed by atoms with E-state index in [-0.39, 0.29) is 11.8 Å². The van der Waals surface area contributed by atoms with Crippen LogP contribution in [-0.2, 0) is 0 Å². The van der Waals surface area contributed by atoms with Gasteiger partial charge in [-0.05, 0) is 32.0 Å². The summed E-state index contributed by atoms with van der Waals surface area (Å²) in [5, 5.41) is 9.29. The maximum Gasteiger partial charge on any atom is 0.249 e. The highest BCUT2D eigenvalue weighted by Gasteiger charge is 2.22. The number of carbonyl (C=O) groups is 1. The molecule has 24 heavy (non-hydrogen) atoms. The number of hydrogen-bond donors (Lipinski definition) is 0. The van der Waals surface area contributed by atoms with Crippen molar-refractivity contribution in [2.45, 2.75) is 27.7 Å². The number of hydrogen-bond acceptors (Lipinski definition) is 4. The first kappa shape index (κ1) is 16.5. The number of nitrogens with zero attached hydrogens (tertiary/aromatic N) is 3. The first-order valence-corrected chi connectivity index (χ1v) is 8.09. The predicted molar refractivity (Wildman–Crippen MR) is 93.1 cm³/mol. The molecule has 0 N–H and O–H groups in total. The van der Waals surface area contributed by atoms with Crippen molar-refractivity contribution in [3.8, 4) is 22.5 Å². The topological polar surface area (TPSA) is 60.9 Å². The Bertz CT molecular complexity index is 892. The van der Waals surface area contributed by atoms with Gasteiger partial charge < -0.3 is 4.52 Å². The molecule has 2 heterocycles. The fourth-order valence-electron chi connectivity index (χ4n) is 2.54. The molecule has 0 radical (unpaired) electrons. The summed E-state index contributed by atoms with van der Waals surface area (Å²) < 4.78 is 6.82. The number of halogens is 1. The second kappa shape index (κ2) is 6.24. The van der Waals surface area contributed by atoms with E-state index in [0.29, 0.717) is 22.2 Å². The van der Waals surface area contributed by atoms with E-state index in [9.17, 15) is 4.79 Å². The van der Waals surface area contributed by atoms with E-state index in [1.54, 1.807) is 12.1 Å². The van der Waals surface area contributed by atoms with Gasteiger partial charge in [-0.1, -0.05) is 42.7 Å². The molecule has 0 aliphatic rings. The maximum absolute atomic E-state index is 12.3. The van der Waals surface area contributed by atoms with E-state index in [2.05, 4.69) is 10.3 Å². The van der Waals surface area contributed by atoms with Gasteiger partial charge in [-0.15, -0.1) is 0 Å². The molecular weight excluding hydrogens is 326 g/mol. The van der Waals surface area contributed by atoms with Crippen LogP contribution in [0.15, 0.2) is 34.9 Å². The van der Waals surface area contributed by atoms with Crippen LogP contribution < -0.4 is 0 Å². The monoisotopic (exact) mass is 343 g/mol. The quantitative estimate of drug-likeness (QED) is 0.687. The van der Waals surface area contributed by atoms with E-state index in [4.69, 9.17) is 16.1 Å². The molecular formula is C18H18ClN3O2. The third-order valence-electron chi connectivity index (χ3n) is 3.83. The van der Waals surface area contributed by atoms with Crippen LogP contribution in [-0.4, -0.2) is 20.8 Å². The molecule has 6 heteroatoms. The van der Waals surface area contributed by atoms with Gasteiger partial charge in [0, 0.05) is 22.2 Å². The van der Waals surface area contributed by atoms with Gasteiger partial charge in [0.2, 0.25) is 5.91 Å². The summed E-state index contributed by atoms with van der Waals surface area (Å²) in [7, 11) is 0. The third kappa shape index (κ3) is 2.87. The number of aryl methyl sites for hydroxylation is 2. The molecule has 1 aromatic carbocycles. The van der Waals surface area contributed by atoms with Gasteiger partial charge in [0.25, 0.3) is 0 Å². The average molecular weight is 344 g/mol. The van der Waals surface area contributed by atoms with Crippen molar-refractivity contribution in [1.29, 1.82) is 0 Å². The molecule has 0 unspecified atom stereocenters. The Morgan fingerprint density at radius 3 is 2.50 bits per heavy atom. The first-order chi connectivity index (χ1) is 11.4. The van der Waals surface area contributed by atoms with E-state index < -0.39 is 0 Å². The van der Waals surface area contributed by atoms with Gasteiger partial charge in [0.05, 0.1) is 11.3 Å². The van der Waals surface area contributed by atoms with Crippen LogP contribution in [0.3, 0.4) is 0 Å². The molecule has 0 amide bonds. The van der Waals surface area contributed by atoms with Crippen LogP contribution in [0.1, 0.15) is 30.1 Å². The van der Waals surface area contributed by atoms with Crippen LogP contribution in [0.25, 0.3) is 22.5 Å². The predicted octanol–water partition coefficient (Wildman–Crippen LogP) is 4.77. The summed E-state index contributed by atoms with van der Waals surface area (Å²) in [5.41, 5.74) is 3.81. The summed E-state index contributed by atoms with van der Waals surface area (Å²) in [5.74, 6) is 0.484. The van der Waals surface area contributed by atoms with Crippen LogP contribution in [0, 0.1) is 19.8 Å². The van der Waals surface area contributed by atoms with Crippen molar-refractivity contribution >= 4 is 17.5 Å². The Kier molecular flexibility index (Phi) is 4.28. The van der Waals surface area contributed by atoms with Crippen molar-refractivity contribution in [3.63, 3.8) is 0 Å². The molecule has 0 saturated heterocycles. The van der Waals surface area contributed by atoms with E-state index in [1.165, 1.54) is 4.68 Å². The van der Waals surface area contributed by atoms with E-state index in [0.717, 1.165) is 16.8 Å². The van der Waals surface area contributed by atoms with Crippen molar-refractivity contribution in [2.75, 3.05) is 0 Å². The molecule has 0 fully saturated rings. The molecule has 2 aromatic heterocycles. The zero-order valence-electron chi connectivity index (χ0n) is 14.0. The van der Waals surface area contributed by atoms with E-state index in [1.807, 2.05) is 45.9 Å². The Labute approximate surface area is 145 Å². The van der Waals surface area contributed by atoms with Crippen molar-refractivity contribution < 1.29 is 9.32 Å². The fourth-order valence-corrected chi connectivity index (χ4v) is 2.67. The largest absolute Gasteiger partial charge is 0.360 e. The van der Waals surface area contributed by atoms with Crippen LogP contribution in [0.5, 0.6) is 0 Å². The molecule has 0 saturated carbocycles. The zero-order valence-corrected chi connectivity index (χ0v) is 14.8. The summed E-state index contributed by atoms with van der Waals surface area (Å²) >= 11 is 5.95. The highest BCUT2D eigenvalue weighted by molar-refractivity contribution is 6.30. The lowest BCUT2D eigenvalue weighted by Gasteiger charge is -2.05. The molecule has 0 aliphatic heterocycles. The van der Waals surface area contributed by atoms with Gasteiger partial charge in [-0.3, -0.25) is 4.79 Å². The van der Waals surface area contributed by atoms with Gasteiger partial charge in [0.15, 0.2) is 0 Å². The summed E-state index contributed by atoms with van der Waals surface area (Å²) in [6.07, 6.45) is 0. The Balaban J connectivity index is 2.11. The standard InChI is InChI=1S/C18H18ClN3O2/c1-10(2)18(23)22-11(3)9-15(20-22)16-12(4)24-21-17(16)13-5-7-14(19)8-6-13/h5-10H,1-4H3. The van der Waals surface area contributed by atoms with Crippen LogP contribution >= 0.6 is 11.6 Å². The molecule has 3 aromatic rings. The minimum absolute atomic E-state index is 0.0408. The van der Waals surface area contributed by atoms with E-state index >= 15 is 0 Å². The van der Waals surface area contributed by atoms with Gasteiger partial charge in [0.1, 0.15) is 11.5 Å². The summed E-state index contributed by atoms with van der Waals surface area (Å²) in [4.78, 5) is 12.3. The second-order valence-corrected chi connectivity index (χ2v) is 6.48. The van der Waals surface area contributed by atoms with Gasteiger partial charge >= 0.3 is 0 Å². The zero-order chi connectivity index (χ0) is 17.4. The third-order valence-corrected chi connectivity index (χ3v) is 4.08. The van der Waals surface area contributed by atoms with Crippen molar-refractivity contribution in [3.05, 3.63) is 46.8 Å². The maximum atomic E-state index is 12.3.